The molecule has 1 aromatic heterocycles. The van der Waals surface area contributed by atoms with Gasteiger partial charge in [0.05, 0.1) is 5.56 Å². The minimum Gasteiger partial charge on any atom is -0.332 e. The lowest BCUT2D eigenvalue weighted by Gasteiger charge is -2.19. The van der Waals surface area contributed by atoms with Gasteiger partial charge in [-0.2, -0.15) is 13.2 Å². The van der Waals surface area contributed by atoms with E-state index in [2.05, 4.69) is 31.4 Å². The number of hydrogen-bond donors (Lipinski definition) is 2. The molecule has 214 valence electrons. The molecule has 0 fully saturated rings. The van der Waals surface area contributed by atoms with E-state index in [1.807, 2.05) is 18.2 Å². The topological polar surface area (TPSA) is 63.1 Å². The van der Waals surface area contributed by atoms with Crippen LogP contribution < -0.4 is 10.6 Å². The molecule has 2 amide bonds. The van der Waals surface area contributed by atoms with Gasteiger partial charge in [0.15, 0.2) is 0 Å². The largest absolute Gasteiger partial charge is 0.416 e. The monoisotopic (exact) mass is 569 g/mol. The fraction of sp³-hybridized carbons (Fsp3) is 0.176. The molecule has 2 N–H and O–H groups in total. The highest BCUT2D eigenvalue weighted by Gasteiger charge is 2.30. The van der Waals surface area contributed by atoms with Crippen LogP contribution in [0.3, 0.4) is 0 Å². The maximum atomic E-state index is 13.4. The second-order valence-corrected chi connectivity index (χ2v) is 11.2. The Morgan fingerprint density at radius 1 is 0.690 bits per heavy atom. The fourth-order valence-corrected chi connectivity index (χ4v) is 4.73. The fourth-order valence-electron chi connectivity index (χ4n) is 4.73. The van der Waals surface area contributed by atoms with Crippen LogP contribution in [0.15, 0.2) is 103 Å². The number of benzene rings is 4. The van der Waals surface area contributed by atoms with Gasteiger partial charge in [-0.05, 0) is 77.2 Å². The van der Waals surface area contributed by atoms with Gasteiger partial charge in [-0.1, -0.05) is 63.2 Å². The highest BCUT2D eigenvalue weighted by atomic mass is 19.4. The summed E-state index contributed by atoms with van der Waals surface area (Å²) < 4.78 is 41.0. The maximum absolute atomic E-state index is 13.4. The summed E-state index contributed by atoms with van der Waals surface area (Å²) in [5.74, 6) is -0.630. The number of hydrogen-bond acceptors (Lipinski definition) is 2. The maximum Gasteiger partial charge on any atom is 0.416 e. The molecule has 0 aliphatic carbocycles. The van der Waals surface area contributed by atoms with E-state index >= 15 is 0 Å². The van der Waals surface area contributed by atoms with Crippen molar-refractivity contribution in [2.24, 2.45) is 0 Å². The van der Waals surface area contributed by atoms with Crippen LogP contribution in [0.2, 0.25) is 0 Å². The number of halogens is 3. The quantitative estimate of drug-likeness (QED) is 0.215. The Bertz CT molecular complexity index is 1730. The van der Waals surface area contributed by atoms with Crippen LogP contribution in [0, 0.1) is 0 Å². The van der Waals surface area contributed by atoms with E-state index in [0.29, 0.717) is 39.1 Å². The highest BCUT2D eigenvalue weighted by Crippen LogP contribution is 2.30. The van der Waals surface area contributed by atoms with Gasteiger partial charge in [-0.3, -0.25) is 9.59 Å². The third-order valence-corrected chi connectivity index (χ3v) is 7.06. The zero-order valence-electron chi connectivity index (χ0n) is 23.4. The lowest BCUT2D eigenvalue weighted by Crippen LogP contribution is -2.17. The third-order valence-electron chi connectivity index (χ3n) is 7.06. The number of nitrogens with zero attached hydrogens (tertiary/aromatic N) is 1. The standard InChI is InChI=1S/C34H30F3N3O2/c1-33(2,3)25-15-11-23(12-16-25)31(41)39-28-17-18-29-24(19-28)20-30(32(42)38-27-7-5-4-6-8-27)40(29)21-22-9-13-26(14-10-22)34(35,36)37/h4-20H,21H2,1-3H3,(H,38,42)(H,39,41). The van der Waals surface area contributed by atoms with E-state index in [-0.39, 0.29) is 23.8 Å². The zero-order chi connectivity index (χ0) is 30.1. The minimum atomic E-state index is -4.44. The normalized spacial score (nSPS) is 11.9. The molecule has 5 nitrogen and oxygen atoms in total. The van der Waals surface area contributed by atoms with Crippen molar-refractivity contribution in [3.8, 4) is 0 Å². The Labute approximate surface area is 242 Å². The number of anilines is 2. The predicted molar refractivity (Wildman–Crippen MR) is 160 cm³/mol. The number of carbonyl (C=O) groups excluding carboxylic acids is 2. The molecule has 0 radical (unpaired) electrons. The average Bonchev–Trinajstić information content (AvgIpc) is 3.30. The second-order valence-electron chi connectivity index (χ2n) is 11.2. The van der Waals surface area contributed by atoms with E-state index in [1.165, 1.54) is 12.1 Å². The summed E-state index contributed by atoms with van der Waals surface area (Å²) in [6.45, 7) is 6.49. The summed E-state index contributed by atoms with van der Waals surface area (Å²) in [6.07, 6.45) is -4.44. The zero-order valence-corrected chi connectivity index (χ0v) is 23.4. The Morgan fingerprint density at radius 2 is 1.31 bits per heavy atom. The summed E-state index contributed by atoms with van der Waals surface area (Å²) >= 11 is 0. The van der Waals surface area contributed by atoms with Crippen molar-refractivity contribution in [2.75, 3.05) is 10.6 Å². The first kappa shape index (κ1) is 28.7. The summed E-state index contributed by atoms with van der Waals surface area (Å²) in [5, 5.41) is 6.50. The number of para-hydroxylation sites is 1. The van der Waals surface area contributed by atoms with Gasteiger partial charge in [-0.25, -0.2) is 0 Å². The first-order valence-corrected chi connectivity index (χ1v) is 13.5. The van der Waals surface area contributed by atoms with Crippen LogP contribution in [-0.2, 0) is 18.1 Å². The van der Waals surface area contributed by atoms with E-state index in [9.17, 15) is 22.8 Å². The van der Waals surface area contributed by atoms with Crippen molar-refractivity contribution < 1.29 is 22.8 Å². The van der Waals surface area contributed by atoms with E-state index in [0.717, 1.165) is 17.7 Å². The lowest BCUT2D eigenvalue weighted by atomic mass is 9.87. The van der Waals surface area contributed by atoms with Gasteiger partial charge in [0.25, 0.3) is 11.8 Å². The van der Waals surface area contributed by atoms with Crippen molar-refractivity contribution in [1.82, 2.24) is 4.57 Å². The van der Waals surface area contributed by atoms with Crippen LogP contribution in [0.5, 0.6) is 0 Å². The van der Waals surface area contributed by atoms with Crippen LogP contribution in [0.1, 0.15) is 58.3 Å². The number of nitrogens with one attached hydrogen (secondary N) is 2. The van der Waals surface area contributed by atoms with Crippen molar-refractivity contribution in [3.05, 3.63) is 131 Å². The highest BCUT2D eigenvalue weighted by molar-refractivity contribution is 6.08. The molecule has 0 bridgehead atoms. The van der Waals surface area contributed by atoms with Crippen molar-refractivity contribution in [2.45, 2.75) is 38.9 Å². The second kappa shape index (κ2) is 11.2. The first-order valence-electron chi connectivity index (χ1n) is 13.5. The molecule has 0 spiro atoms. The van der Waals surface area contributed by atoms with Crippen LogP contribution >= 0.6 is 0 Å². The number of aromatic nitrogens is 1. The molecule has 8 heteroatoms. The Balaban J connectivity index is 1.46. The molecule has 5 rings (SSSR count). The summed E-state index contributed by atoms with van der Waals surface area (Å²) in [4.78, 5) is 26.3. The third kappa shape index (κ3) is 6.38. The van der Waals surface area contributed by atoms with E-state index in [4.69, 9.17) is 0 Å². The Kier molecular flexibility index (Phi) is 7.65. The summed E-state index contributed by atoms with van der Waals surface area (Å²) in [7, 11) is 0. The molecular formula is C34H30F3N3O2. The van der Waals surface area contributed by atoms with Crippen molar-refractivity contribution in [1.29, 1.82) is 0 Å². The molecule has 0 aliphatic heterocycles. The predicted octanol–water partition coefficient (Wildman–Crippen LogP) is 8.51. The van der Waals surface area contributed by atoms with Gasteiger partial charge in [0.1, 0.15) is 5.69 Å². The molecule has 5 aromatic rings. The Morgan fingerprint density at radius 3 is 1.93 bits per heavy atom. The van der Waals surface area contributed by atoms with E-state index in [1.54, 1.807) is 65.2 Å². The number of rotatable bonds is 6. The van der Waals surface area contributed by atoms with Crippen LogP contribution in [-0.4, -0.2) is 16.4 Å². The van der Waals surface area contributed by atoms with Crippen LogP contribution in [0.4, 0.5) is 24.5 Å². The SMILES string of the molecule is CC(C)(C)c1ccc(C(=O)Nc2ccc3c(c2)cc(C(=O)Nc2ccccc2)n3Cc2ccc(C(F)(F)F)cc2)cc1. The average molecular weight is 570 g/mol. The molecule has 0 saturated heterocycles. The van der Waals surface area contributed by atoms with Gasteiger partial charge < -0.3 is 15.2 Å². The number of fused-ring (bicyclic) bond motifs is 1. The van der Waals surface area contributed by atoms with Crippen molar-refractivity contribution >= 4 is 34.1 Å². The minimum absolute atomic E-state index is 0.0297. The van der Waals surface area contributed by atoms with Gasteiger partial charge in [0, 0.05) is 34.4 Å². The molecule has 0 aliphatic rings. The molecule has 0 unspecified atom stereocenters. The molecule has 0 saturated carbocycles. The smallest absolute Gasteiger partial charge is 0.332 e. The van der Waals surface area contributed by atoms with Gasteiger partial charge in [-0.15, -0.1) is 0 Å². The summed E-state index contributed by atoms with van der Waals surface area (Å²) in [5.41, 5.74) is 3.66. The summed E-state index contributed by atoms with van der Waals surface area (Å²) in [6, 6.07) is 28.4. The van der Waals surface area contributed by atoms with Gasteiger partial charge >= 0.3 is 6.18 Å². The number of amides is 2. The molecule has 0 atom stereocenters. The number of carbonyl (C=O) groups is 2. The molecule has 4 aromatic carbocycles. The number of alkyl halides is 3. The van der Waals surface area contributed by atoms with Crippen LogP contribution in [0.25, 0.3) is 10.9 Å². The lowest BCUT2D eigenvalue weighted by molar-refractivity contribution is -0.137. The van der Waals surface area contributed by atoms with E-state index < -0.39 is 11.7 Å². The molecule has 1 heterocycles. The first-order chi connectivity index (χ1) is 19.9. The van der Waals surface area contributed by atoms with Gasteiger partial charge in [0.2, 0.25) is 0 Å². The molecular weight excluding hydrogens is 539 g/mol. The van der Waals surface area contributed by atoms with Crippen molar-refractivity contribution in [3.63, 3.8) is 0 Å². The Hall–Kier alpha value is -4.85. The molecule has 42 heavy (non-hydrogen) atoms.